The number of nitrogen functional groups attached to an aromatic ring is 1. The summed E-state index contributed by atoms with van der Waals surface area (Å²) in [4.78, 5) is 19.0. The van der Waals surface area contributed by atoms with Gasteiger partial charge in [-0.05, 0) is 56.4 Å². The molecule has 0 radical (unpaired) electrons. The van der Waals surface area contributed by atoms with E-state index in [4.69, 9.17) is 5.73 Å². The second-order valence-corrected chi connectivity index (χ2v) is 9.60. The third-order valence-electron chi connectivity index (χ3n) is 6.97. The van der Waals surface area contributed by atoms with Crippen LogP contribution in [0.1, 0.15) is 60.0 Å². The number of anilines is 1. The number of carbonyl (C=O) groups excluding carboxylic acids is 1. The Kier molecular flexibility index (Phi) is 5.92. The highest BCUT2D eigenvalue weighted by Crippen LogP contribution is 2.43. The largest absolute Gasteiger partial charge is 0.417 e. The molecule has 1 saturated carbocycles. The molecule has 1 aliphatic carbocycles. The summed E-state index contributed by atoms with van der Waals surface area (Å²) in [6.07, 6.45) is -2.61. The fourth-order valence-electron chi connectivity index (χ4n) is 4.80. The van der Waals surface area contributed by atoms with E-state index in [9.17, 15) is 28.2 Å². The Morgan fingerprint density at radius 2 is 2.00 bits per heavy atom. The second-order valence-electron chi connectivity index (χ2n) is 9.60. The summed E-state index contributed by atoms with van der Waals surface area (Å²) in [5.74, 6) is -0.282. The molecule has 0 saturated heterocycles. The second kappa shape index (κ2) is 8.71. The van der Waals surface area contributed by atoms with Crippen molar-refractivity contribution in [2.75, 3.05) is 12.3 Å². The molecule has 2 aliphatic rings. The van der Waals surface area contributed by atoms with E-state index in [1.807, 2.05) is 6.92 Å². The quantitative estimate of drug-likeness (QED) is 0.364. The van der Waals surface area contributed by atoms with Gasteiger partial charge in [-0.3, -0.25) is 10.1 Å². The maximum atomic E-state index is 14.1. The van der Waals surface area contributed by atoms with Crippen molar-refractivity contribution in [3.05, 3.63) is 46.6 Å². The summed E-state index contributed by atoms with van der Waals surface area (Å²) < 4.78 is 43.6. The molecule has 1 fully saturated rings. The number of benzene rings is 1. The molecule has 0 spiro atoms. The number of carbonyl (C=O) groups is 1. The van der Waals surface area contributed by atoms with Crippen LogP contribution in [0.5, 0.6) is 0 Å². The monoisotopic (exact) mass is 504 g/mol. The minimum absolute atomic E-state index is 0.00924. The van der Waals surface area contributed by atoms with Crippen LogP contribution >= 0.6 is 0 Å². The van der Waals surface area contributed by atoms with Gasteiger partial charge in [0.2, 0.25) is 0 Å². The van der Waals surface area contributed by atoms with E-state index < -0.39 is 29.9 Å². The topological polar surface area (TPSA) is 129 Å². The Labute approximate surface area is 204 Å². The molecular formula is C24H27F3N6O3. The van der Waals surface area contributed by atoms with E-state index in [2.05, 4.69) is 15.4 Å². The third-order valence-corrected chi connectivity index (χ3v) is 6.97. The summed E-state index contributed by atoms with van der Waals surface area (Å²) in [6.45, 7) is 3.41. The number of hydrogen-bond acceptors (Lipinski definition) is 7. The Balaban J connectivity index is 1.59. The molecule has 1 aromatic carbocycles. The van der Waals surface area contributed by atoms with Crippen LogP contribution in [0, 0.1) is 5.92 Å². The molecule has 36 heavy (non-hydrogen) atoms. The number of aliphatic hydroxyl groups is 2. The predicted molar refractivity (Wildman–Crippen MR) is 125 cm³/mol. The minimum atomic E-state index is -4.73. The molecule has 12 heteroatoms. The van der Waals surface area contributed by atoms with Gasteiger partial charge in [0.15, 0.2) is 11.5 Å². The van der Waals surface area contributed by atoms with Crippen LogP contribution in [0.25, 0.3) is 16.9 Å². The van der Waals surface area contributed by atoms with Crippen LogP contribution in [0.2, 0.25) is 0 Å². The Morgan fingerprint density at radius 3 is 2.64 bits per heavy atom. The fraction of sp³-hybridized carbons (Fsp3) is 0.458. The van der Waals surface area contributed by atoms with Crippen LogP contribution < -0.4 is 11.1 Å². The lowest BCUT2D eigenvalue weighted by atomic mass is 9.97. The zero-order valence-electron chi connectivity index (χ0n) is 19.8. The van der Waals surface area contributed by atoms with E-state index in [1.165, 1.54) is 21.7 Å². The number of nitrogens with one attached hydrogen (secondary N) is 1. The Hall–Kier alpha value is -3.22. The smallest absolute Gasteiger partial charge is 0.395 e. The van der Waals surface area contributed by atoms with Crippen molar-refractivity contribution in [1.82, 2.24) is 24.8 Å². The zero-order valence-corrected chi connectivity index (χ0v) is 19.8. The van der Waals surface area contributed by atoms with Crippen molar-refractivity contribution in [3.8, 4) is 11.3 Å². The van der Waals surface area contributed by atoms with E-state index in [1.54, 1.807) is 13.0 Å². The number of fused-ring (bicyclic) bond motifs is 2. The van der Waals surface area contributed by atoms with Gasteiger partial charge in [0.1, 0.15) is 6.23 Å². The van der Waals surface area contributed by atoms with Crippen LogP contribution in [0.15, 0.2) is 24.4 Å². The number of halogens is 3. The molecular weight excluding hydrogens is 477 g/mol. The number of nitrogens with two attached hydrogens (primary N) is 1. The molecule has 1 unspecified atom stereocenters. The molecule has 5 N–H and O–H groups in total. The maximum Gasteiger partial charge on any atom is 0.417 e. The molecule has 2 aromatic heterocycles. The molecule has 1 amide bonds. The van der Waals surface area contributed by atoms with Crippen LogP contribution in [0.3, 0.4) is 0 Å². The van der Waals surface area contributed by atoms with Crippen molar-refractivity contribution in [2.45, 2.75) is 57.7 Å². The summed E-state index contributed by atoms with van der Waals surface area (Å²) in [6, 6.07) is 3.44. The van der Waals surface area contributed by atoms with Gasteiger partial charge in [0.25, 0.3) is 5.91 Å². The normalized spacial score (nSPS) is 18.5. The van der Waals surface area contributed by atoms with E-state index >= 15 is 0 Å². The Bertz CT molecular complexity index is 1340. The number of aromatic nitrogens is 3. The zero-order chi connectivity index (χ0) is 25.9. The first-order chi connectivity index (χ1) is 17.0. The molecule has 9 nitrogen and oxygen atoms in total. The van der Waals surface area contributed by atoms with Crippen molar-refractivity contribution in [1.29, 1.82) is 0 Å². The molecule has 5 rings (SSSR count). The fourth-order valence-corrected chi connectivity index (χ4v) is 4.80. The van der Waals surface area contributed by atoms with Gasteiger partial charge in [0.05, 0.1) is 29.0 Å². The van der Waals surface area contributed by atoms with Gasteiger partial charge in [-0.25, -0.2) is 9.50 Å². The van der Waals surface area contributed by atoms with Gasteiger partial charge < -0.3 is 20.8 Å². The van der Waals surface area contributed by atoms with Crippen LogP contribution in [0.4, 0.5) is 19.0 Å². The number of aliphatic hydroxyl groups excluding tert-OH is 2. The summed E-state index contributed by atoms with van der Waals surface area (Å²) in [7, 11) is 0. The predicted octanol–water partition coefficient (Wildman–Crippen LogP) is 2.71. The van der Waals surface area contributed by atoms with Crippen LogP contribution in [-0.2, 0) is 12.7 Å². The molecule has 0 bridgehead atoms. The summed E-state index contributed by atoms with van der Waals surface area (Å²) >= 11 is 0. The van der Waals surface area contributed by atoms with Crippen molar-refractivity contribution in [2.24, 2.45) is 5.92 Å². The standard InChI is InChI=1S/C24H27F3N6O3/c1-11(10-34)29-22(35)19-20(28)31-33-6-5-17(30-21(19)33)14-7-15-9-32(12(2)13-3-4-13)23(36)18(15)16(8-14)24(25,26)27/h5-8,11-13,22,29,34-35H,3-4,9-10H2,1-2H3,(H2,28,31)/t11-,12+,22?/m1/s1. The maximum absolute atomic E-state index is 14.1. The molecule has 1 aliphatic heterocycles. The highest BCUT2D eigenvalue weighted by Gasteiger charge is 2.44. The van der Waals surface area contributed by atoms with Crippen molar-refractivity contribution in [3.63, 3.8) is 0 Å². The highest BCUT2D eigenvalue weighted by atomic mass is 19.4. The first kappa shape index (κ1) is 24.5. The summed E-state index contributed by atoms with van der Waals surface area (Å²) in [5, 5.41) is 26.7. The number of amides is 1. The number of hydrogen-bond donors (Lipinski definition) is 4. The molecule has 192 valence electrons. The first-order valence-electron chi connectivity index (χ1n) is 11.7. The molecule has 3 heterocycles. The lowest BCUT2D eigenvalue weighted by Gasteiger charge is -2.24. The van der Waals surface area contributed by atoms with Gasteiger partial charge >= 0.3 is 6.18 Å². The average Bonchev–Trinajstić information content (AvgIpc) is 3.54. The van der Waals surface area contributed by atoms with Gasteiger partial charge in [-0.1, -0.05) is 0 Å². The summed E-state index contributed by atoms with van der Waals surface area (Å²) in [5.41, 5.74) is 5.70. The lowest BCUT2D eigenvalue weighted by Crippen LogP contribution is -2.35. The van der Waals surface area contributed by atoms with E-state index in [-0.39, 0.29) is 53.0 Å². The lowest BCUT2D eigenvalue weighted by molar-refractivity contribution is -0.137. The van der Waals surface area contributed by atoms with Crippen molar-refractivity contribution >= 4 is 17.4 Å². The minimum Gasteiger partial charge on any atom is -0.395 e. The Morgan fingerprint density at radius 1 is 1.28 bits per heavy atom. The van der Waals surface area contributed by atoms with E-state index in [0.29, 0.717) is 11.5 Å². The van der Waals surface area contributed by atoms with Crippen LogP contribution in [-0.4, -0.2) is 54.3 Å². The number of nitrogens with zero attached hydrogens (tertiary/aromatic N) is 4. The molecule has 3 aromatic rings. The van der Waals surface area contributed by atoms with Crippen molar-refractivity contribution < 1.29 is 28.2 Å². The average molecular weight is 505 g/mol. The number of alkyl halides is 3. The highest BCUT2D eigenvalue weighted by molar-refractivity contribution is 6.01. The van der Waals surface area contributed by atoms with E-state index in [0.717, 1.165) is 18.9 Å². The number of rotatable bonds is 7. The first-order valence-corrected chi connectivity index (χ1v) is 11.7. The molecule has 3 atom stereocenters. The van der Waals surface area contributed by atoms with Gasteiger partial charge in [0, 0.05) is 30.4 Å². The van der Waals surface area contributed by atoms with Gasteiger partial charge in [-0.2, -0.15) is 13.2 Å². The van der Waals surface area contributed by atoms with Gasteiger partial charge in [-0.15, -0.1) is 5.10 Å². The third kappa shape index (κ3) is 4.18. The SMILES string of the molecule is C[C@H](CO)NC(O)c1c(N)nn2ccc(-c3cc4c(c(C(F)(F)F)c3)C(=O)N([C@@H](C)C3CC3)C4)nc12.